The molecule has 0 radical (unpaired) electrons. The average Bonchev–Trinajstić information content (AvgIpc) is 2.35. The Bertz CT molecular complexity index is 564. The van der Waals surface area contributed by atoms with E-state index in [1.54, 1.807) is 0 Å². The minimum atomic E-state index is -1.75. The summed E-state index contributed by atoms with van der Waals surface area (Å²) in [6.45, 7) is 0. The number of rotatable bonds is 4. The summed E-state index contributed by atoms with van der Waals surface area (Å²) in [5.74, 6) is -0.533. The summed E-state index contributed by atoms with van der Waals surface area (Å²) in [5, 5.41) is 46.5. The van der Waals surface area contributed by atoms with Gasteiger partial charge >= 0.3 is 109 Å². The van der Waals surface area contributed by atoms with Gasteiger partial charge in [-0.15, -0.1) is 0 Å². The molecule has 0 atom stereocenters. The van der Waals surface area contributed by atoms with Gasteiger partial charge in [0.05, 0.1) is 5.09 Å². The zero-order valence-electron chi connectivity index (χ0n) is 9.73. The Kier molecular flexibility index (Phi) is 6.84. The SMILES string of the molecule is O=[N+]([O-])[O-].O=[N+]([O-])c1cc([N+](=O)[O-])c([O][Hg+])c([N+](=O)[O-])c1. The Balaban J connectivity index is 0.000000885. The number of non-ortho nitro benzene ring substituents is 1. The normalized spacial score (nSPS) is 9.05. The summed E-state index contributed by atoms with van der Waals surface area (Å²) in [4.78, 5) is 37.1. The second-order valence-corrected chi connectivity index (χ2v) is 4.07. The predicted molar refractivity (Wildman–Crippen MR) is 57.4 cm³/mol. The van der Waals surface area contributed by atoms with Gasteiger partial charge in [0.25, 0.3) is 0 Å². The van der Waals surface area contributed by atoms with Crippen molar-refractivity contribution in [3.05, 3.63) is 57.8 Å². The van der Waals surface area contributed by atoms with Crippen molar-refractivity contribution >= 4 is 17.1 Å². The molecule has 14 nitrogen and oxygen atoms in total. The van der Waals surface area contributed by atoms with Crippen LogP contribution in [0.3, 0.4) is 0 Å². The van der Waals surface area contributed by atoms with Crippen molar-refractivity contribution in [2.45, 2.75) is 0 Å². The molecule has 0 unspecified atom stereocenters. The van der Waals surface area contributed by atoms with Crippen molar-refractivity contribution in [3.63, 3.8) is 0 Å². The monoisotopic (exact) mass is 492 g/mol. The maximum absolute atomic E-state index is 10.6. The van der Waals surface area contributed by atoms with Crippen LogP contribution in [0.2, 0.25) is 0 Å². The third-order valence-electron chi connectivity index (χ3n) is 1.78. The van der Waals surface area contributed by atoms with Crippen molar-refractivity contribution in [2.75, 3.05) is 0 Å². The van der Waals surface area contributed by atoms with Crippen LogP contribution in [0.25, 0.3) is 0 Å². The summed E-state index contributed by atoms with van der Waals surface area (Å²) >= 11 is -0.427. The van der Waals surface area contributed by atoms with Gasteiger partial charge < -0.3 is 15.3 Å². The molecule has 1 aromatic carbocycles. The van der Waals surface area contributed by atoms with Crippen LogP contribution in [0, 0.1) is 45.7 Å². The van der Waals surface area contributed by atoms with Gasteiger partial charge in [0, 0.05) is 0 Å². The third kappa shape index (κ3) is 5.47. The first-order valence-electron chi connectivity index (χ1n) is 4.46. The van der Waals surface area contributed by atoms with Crippen LogP contribution in [0.5, 0.6) is 5.75 Å². The molecule has 0 N–H and O–H groups in total. The van der Waals surface area contributed by atoms with Crippen molar-refractivity contribution in [2.24, 2.45) is 0 Å². The quantitative estimate of drug-likeness (QED) is 0.332. The molecule has 0 aromatic heterocycles. The van der Waals surface area contributed by atoms with E-state index >= 15 is 0 Å². The molecule has 15 heteroatoms. The predicted octanol–water partition coefficient (Wildman–Crippen LogP) is 1.01. The molecule has 108 valence electrons. The molecule has 1 rings (SSSR count). The molecule has 0 saturated carbocycles. The zero-order chi connectivity index (χ0) is 16.7. The van der Waals surface area contributed by atoms with Gasteiger partial charge in [0.15, 0.2) is 0 Å². The first-order valence-corrected chi connectivity index (χ1v) is 6.71. The Hall–Kier alpha value is -2.64. The van der Waals surface area contributed by atoms with E-state index in [-0.39, 0.29) is 0 Å². The fourth-order valence-electron chi connectivity index (χ4n) is 1.11. The fourth-order valence-corrected chi connectivity index (χ4v) is 2.26. The Morgan fingerprint density at radius 1 is 0.810 bits per heavy atom. The van der Waals surface area contributed by atoms with Crippen LogP contribution in [0.15, 0.2) is 12.1 Å². The Morgan fingerprint density at radius 2 is 1.14 bits per heavy atom. The van der Waals surface area contributed by atoms with Crippen LogP contribution < -0.4 is 2.64 Å². The van der Waals surface area contributed by atoms with E-state index in [1.807, 2.05) is 0 Å². The van der Waals surface area contributed by atoms with E-state index in [1.165, 1.54) is 0 Å². The molecule has 21 heavy (non-hydrogen) atoms. The van der Waals surface area contributed by atoms with Crippen LogP contribution in [0.1, 0.15) is 0 Å². The van der Waals surface area contributed by atoms with Crippen LogP contribution in [-0.4, -0.2) is 19.9 Å². The molecule has 0 amide bonds. The number of hydrogen-bond acceptors (Lipinski definition) is 10. The van der Waals surface area contributed by atoms with Gasteiger partial charge in [0.1, 0.15) is 0 Å². The molecule has 0 bridgehead atoms. The van der Waals surface area contributed by atoms with Crippen LogP contribution in [0.4, 0.5) is 17.1 Å². The molecule has 0 saturated heterocycles. The standard InChI is InChI=1S/C6H3N3O7.Hg.NO3/c10-6-4(8(13)14)1-3(7(11)12)2-5(6)9(15)16;;2-1(3)4/h1-2,10H;;/q;+2;-1/p-1. The molecule has 1 aromatic rings. The van der Waals surface area contributed by atoms with Crippen molar-refractivity contribution in [3.8, 4) is 5.75 Å². The summed E-state index contributed by atoms with van der Waals surface area (Å²) in [6, 6.07) is 1.27. The number of nitrogens with zero attached hydrogens (tertiary/aromatic N) is 4. The number of benzene rings is 1. The van der Waals surface area contributed by atoms with Crippen LogP contribution >= 0.6 is 0 Å². The first-order chi connectivity index (χ1) is 9.61. The van der Waals surface area contributed by atoms with E-state index in [2.05, 4.69) is 0 Å². The van der Waals surface area contributed by atoms with Gasteiger partial charge in [-0.25, -0.2) is 0 Å². The van der Waals surface area contributed by atoms with Crippen molar-refractivity contribution < 1.29 is 49.1 Å². The Labute approximate surface area is 130 Å². The molecule has 0 aliphatic carbocycles. The molecule has 0 fully saturated rings. The third-order valence-corrected chi connectivity index (χ3v) is 2.91. The summed E-state index contributed by atoms with van der Waals surface area (Å²) in [5.41, 5.74) is -2.28. The molecular formula is C6H2HgN4O10. The van der Waals surface area contributed by atoms with Crippen LogP contribution in [-0.2, 0) is 26.6 Å². The van der Waals surface area contributed by atoms with Gasteiger partial charge in [-0.3, -0.25) is 0 Å². The van der Waals surface area contributed by atoms with E-state index in [4.69, 9.17) is 18.0 Å². The molecular weight excluding hydrogens is 489 g/mol. The van der Waals surface area contributed by atoms with E-state index in [0.29, 0.717) is 12.1 Å². The number of hydrogen-bond donors (Lipinski definition) is 0. The second kappa shape index (κ2) is 7.83. The van der Waals surface area contributed by atoms with Gasteiger partial charge in [0.2, 0.25) is 0 Å². The summed E-state index contributed by atoms with van der Waals surface area (Å²) < 4.78 is 4.72. The molecule has 0 spiro atoms. The van der Waals surface area contributed by atoms with E-state index in [9.17, 15) is 30.3 Å². The minimum absolute atomic E-state index is 0.427. The second-order valence-electron chi connectivity index (χ2n) is 2.95. The Morgan fingerprint density at radius 3 is 1.33 bits per heavy atom. The average molecular weight is 491 g/mol. The molecule has 0 heterocycles. The number of nitro benzene ring substituents is 3. The zero-order valence-corrected chi connectivity index (χ0v) is 15.2. The molecule has 0 aliphatic rings. The summed E-state index contributed by atoms with van der Waals surface area (Å²) in [7, 11) is 0. The topological polar surface area (TPSA) is 205 Å². The molecule has 0 aliphatic heterocycles. The van der Waals surface area contributed by atoms with E-state index in [0.717, 1.165) is 0 Å². The van der Waals surface area contributed by atoms with Gasteiger partial charge in [-0.1, -0.05) is 0 Å². The van der Waals surface area contributed by atoms with Crippen molar-refractivity contribution in [1.29, 1.82) is 0 Å². The van der Waals surface area contributed by atoms with Gasteiger partial charge in [-0.05, 0) is 0 Å². The number of nitro groups is 3. The first kappa shape index (κ1) is 18.4. The summed E-state index contributed by atoms with van der Waals surface area (Å²) in [6.07, 6.45) is 0. The van der Waals surface area contributed by atoms with E-state index < -0.39 is 69.2 Å². The fraction of sp³-hybridized carbons (Fsp3) is 0. The van der Waals surface area contributed by atoms with Gasteiger partial charge in [-0.2, -0.15) is 0 Å². The maximum atomic E-state index is 10.6. The van der Waals surface area contributed by atoms with Crippen molar-refractivity contribution in [1.82, 2.24) is 0 Å².